The van der Waals surface area contributed by atoms with Crippen molar-refractivity contribution in [2.24, 2.45) is 0 Å². The van der Waals surface area contributed by atoms with Gasteiger partial charge in [0.2, 0.25) is 10.0 Å². The van der Waals surface area contributed by atoms with E-state index in [9.17, 15) is 13.2 Å². The standard InChI is InChI=1S/C19H27N3O3S/c23-19(20-12-11-17-7-3-1-4-8-17)21-13-15-22(16-14-21)26(24,25)18-9-5-2-6-10-18/h2,5-7,9-10H,1,3-4,8,11-16H2,(H,20,23). The first-order valence-corrected chi connectivity index (χ1v) is 10.8. The molecule has 0 spiro atoms. The lowest BCUT2D eigenvalue weighted by Gasteiger charge is -2.34. The molecule has 1 aliphatic heterocycles. The predicted molar refractivity (Wildman–Crippen MR) is 101 cm³/mol. The molecular weight excluding hydrogens is 350 g/mol. The highest BCUT2D eigenvalue weighted by molar-refractivity contribution is 7.89. The first-order chi connectivity index (χ1) is 12.6. The van der Waals surface area contributed by atoms with Gasteiger partial charge in [-0.1, -0.05) is 29.8 Å². The van der Waals surface area contributed by atoms with Crippen molar-refractivity contribution in [2.45, 2.75) is 37.0 Å². The molecule has 1 aliphatic carbocycles. The third-order valence-electron chi connectivity index (χ3n) is 5.01. The average molecular weight is 378 g/mol. The van der Waals surface area contributed by atoms with Crippen LogP contribution in [0.1, 0.15) is 32.1 Å². The number of allylic oxidation sites excluding steroid dienone is 1. The summed E-state index contributed by atoms with van der Waals surface area (Å²) in [5.74, 6) is 0. The number of carbonyl (C=O) groups is 1. The Morgan fingerprint density at radius 3 is 2.42 bits per heavy atom. The second kappa shape index (κ2) is 8.68. The van der Waals surface area contributed by atoms with Gasteiger partial charge in [-0.2, -0.15) is 4.31 Å². The normalized spacial score (nSPS) is 19.1. The summed E-state index contributed by atoms with van der Waals surface area (Å²) in [6, 6.07) is 8.35. The number of urea groups is 1. The lowest BCUT2D eigenvalue weighted by molar-refractivity contribution is 0.172. The molecular formula is C19H27N3O3S. The highest BCUT2D eigenvalue weighted by atomic mass is 32.2. The van der Waals surface area contributed by atoms with Gasteiger partial charge in [-0.15, -0.1) is 0 Å². The predicted octanol–water partition coefficient (Wildman–Crippen LogP) is 2.59. The van der Waals surface area contributed by atoms with E-state index in [1.807, 2.05) is 0 Å². The van der Waals surface area contributed by atoms with E-state index in [0.717, 1.165) is 19.3 Å². The summed E-state index contributed by atoms with van der Waals surface area (Å²) < 4.78 is 26.7. The molecule has 142 valence electrons. The van der Waals surface area contributed by atoms with Crippen molar-refractivity contribution < 1.29 is 13.2 Å². The number of nitrogens with one attached hydrogen (secondary N) is 1. The molecule has 26 heavy (non-hydrogen) atoms. The zero-order valence-corrected chi connectivity index (χ0v) is 15.9. The van der Waals surface area contributed by atoms with Crippen LogP contribution in [-0.4, -0.2) is 56.4 Å². The quantitative estimate of drug-likeness (QED) is 0.802. The molecule has 1 aromatic carbocycles. The summed E-state index contributed by atoms with van der Waals surface area (Å²) in [5.41, 5.74) is 1.44. The van der Waals surface area contributed by atoms with Crippen LogP contribution in [0.15, 0.2) is 46.9 Å². The number of hydrogen-bond donors (Lipinski definition) is 1. The Morgan fingerprint density at radius 2 is 1.77 bits per heavy atom. The molecule has 0 aromatic heterocycles. The van der Waals surface area contributed by atoms with Crippen LogP contribution in [0.3, 0.4) is 0 Å². The molecule has 7 heteroatoms. The molecule has 0 unspecified atom stereocenters. The number of sulfonamides is 1. The van der Waals surface area contributed by atoms with E-state index in [-0.39, 0.29) is 6.03 Å². The second-order valence-corrected chi connectivity index (χ2v) is 8.73. The summed E-state index contributed by atoms with van der Waals surface area (Å²) in [5, 5.41) is 2.96. The van der Waals surface area contributed by atoms with E-state index in [1.165, 1.54) is 22.7 Å². The number of piperazine rings is 1. The number of nitrogens with zero attached hydrogens (tertiary/aromatic N) is 2. The van der Waals surface area contributed by atoms with Crippen molar-refractivity contribution in [3.05, 3.63) is 42.0 Å². The van der Waals surface area contributed by atoms with Gasteiger partial charge in [-0.3, -0.25) is 0 Å². The molecule has 2 amide bonds. The Kier molecular flexibility index (Phi) is 6.32. The van der Waals surface area contributed by atoms with Crippen LogP contribution in [0.5, 0.6) is 0 Å². The van der Waals surface area contributed by atoms with Crippen molar-refractivity contribution in [1.82, 2.24) is 14.5 Å². The van der Waals surface area contributed by atoms with Gasteiger partial charge in [0.05, 0.1) is 4.90 Å². The maximum Gasteiger partial charge on any atom is 0.317 e. The molecule has 0 radical (unpaired) electrons. The zero-order chi connectivity index (χ0) is 18.4. The minimum atomic E-state index is -3.48. The number of hydrogen-bond acceptors (Lipinski definition) is 3. The van der Waals surface area contributed by atoms with Gasteiger partial charge in [0.1, 0.15) is 0 Å². The van der Waals surface area contributed by atoms with E-state index >= 15 is 0 Å². The Hall–Kier alpha value is -1.86. The van der Waals surface area contributed by atoms with Gasteiger partial charge in [-0.05, 0) is 44.2 Å². The Morgan fingerprint density at radius 1 is 1.04 bits per heavy atom. The van der Waals surface area contributed by atoms with Crippen molar-refractivity contribution in [2.75, 3.05) is 32.7 Å². The van der Waals surface area contributed by atoms with E-state index < -0.39 is 10.0 Å². The first-order valence-electron chi connectivity index (χ1n) is 9.33. The second-order valence-electron chi connectivity index (χ2n) is 6.79. The van der Waals surface area contributed by atoms with Gasteiger partial charge < -0.3 is 10.2 Å². The third kappa shape index (κ3) is 4.65. The van der Waals surface area contributed by atoms with Crippen LogP contribution >= 0.6 is 0 Å². The van der Waals surface area contributed by atoms with E-state index in [4.69, 9.17) is 0 Å². The zero-order valence-electron chi connectivity index (χ0n) is 15.1. The van der Waals surface area contributed by atoms with Crippen molar-refractivity contribution >= 4 is 16.1 Å². The monoisotopic (exact) mass is 377 g/mol. The van der Waals surface area contributed by atoms with Crippen LogP contribution in [0, 0.1) is 0 Å². The van der Waals surface area contributed by atoms with Gasteiger partial charge in [0.15, 0.2) is 0 Å². The summed E-state index contributed by atoms with van der Waals surface area (Å²) in [7, 11) is -3.48. The lowest BCUT2D eigenvalue weighted by Crippen LogP contribution is -2.53. The van der Waals surface area contributed by atoms with Crippen LogP contribution in [0.2, 0.25) is 0 Å². The topological polar surface area (TPSA) is 69.7 Å². The molecule has 0 bridgehead atoms. The van der Waals surface area contributed by atoms with Crippen molar-refractivity contribution in [1.29, 1.82) is 0 Å². The number of carbonyl (C=O) groups excluding carboxylic acids is 1. The number of benzene rings is 1. The van der Waals surface area contributed by atoms with Crippen LogP contribution in [-0.2, 0) is 10.0 Å². The van der Waals surface area contributed by atoms with Crippen molar-refractivity contribution in [3.63, 3.8) is 0 Å². The van der Waals surface area contributed by atoms with Crippen molar-refractivity contribution in [3.8, 4) is 0 Å². The largest absolute Gasteiger partial charge is 0.338 e. The third-order valence-corrected chi connectivity index (χ3v) is 6.93. The fraction of sp³-hybridized carbons (Fsp3) is 0.526. The summed E-state index contributed by atoms with van der Waals surface area (Å²) >= 11 is 0. The molecule has 6 nitrogen and oxygen atoms in total. The van der Waals surface area contributed by atoms with Gasteiger partial charge in [0, 0.05) is 32.7 Å². The van der Waals surface area contributed by atoms with Crippen LogP contribution in [0.4, 0.5) is 4.79 Å². The van der Waals surface area contributed by atoms with E-state index in [2.05, 4.69) is 11.4 Å². The minimum absolute atomic E-state index is 0.0989. The summed E-state index contributed by atoms with van der Waals surface area (Å²) in [6.45, 7) is 2.14. The minimum Gasteiger partial charge on any atom is -0.338 e. The molecule has 0 saturated carbocycles. The molecule has 0 atom stereocenters. The highest BCUT2D eigenvalue weighted by Gasteiger charge is 2.29. The lowest BCUT2D eigenvalue weighted by atomic mass is 9.97. The maximum atomic E-state index is 12.6. The molecule has 1 heterocycles. The molecule has 1 N–H and O–H groups in total. The number of rotatable bonds is 5. The fourth-order valence-electron chi connectivity index (χ4n) is 3.45. The molecule has 3 rings (SSSR count). The Balaban J connectivity index is 1.45. The Labute approximate surface area is 155 Å². The number of amides is 2. The van der Waals surface area contributed by atoms with Crippen LogP contribution in [0.25, 0.3) is 0 Å². The maximum absolute atomic E-state index is 12.6. The molecule has 1 saturated heterocycles. The van der Waals surface area contributed by atoms with E-state index in [1.54, 1.807) is 35.2 Å². The molecule has 1 fully saturated rings. The summed E-state index contributed by atoms with van der Waals surface area (Å²) in [6.07, 6.45) is 8.02. The molecule has 2 aliphatic rings. The first kappa shape index (κ1) is 18.9. The van der Waals surface area contributed by atoms with Crippen LogP contribution < -0.4 is 5.32 Å². The smallest absolute Gasteiger partial charge is 0.317 e. The Bertz CT molecular complexity index is 739. The fourth-order valence-corrected chi connectivity index (χ4v) is 4.89. The SMILES string of the molecule is O=C(NCCC1=CCCCC1)N1CCN(S(=O)(=O)c2ccccc2)CC1. The van der Waals surface area contributed by atoms with Gasteiger partial charge in [-0.25, -0.2) is 13.2 Å². The average Bonchev–Trinajstić information content (AvgIpc) is 2.69. The van der Waals surface area contributed by atoms with Gasteiger partial charge in [0.25, 0.3) is 0 Å². The molecule has 1 aromatic rings. The highest BCUT2D eigenvalue weighted by Crippen LogP contribution is 2.20. The summed E-state index contributed by atoms with van der Waals surface area (Å²) in [4.78, 5) is 14.3. The van der Waals surface area contributed by atoms with E-state index in [0.29, 0.717) is 37.6 Å². The van der Waals surface area contributed by atoms with Gasteiger partial charge >= 0.3 is 6.03 Å².